The van der Waals surface area contributed by atoms with Crippen molar-refractivity contribution in [3.05, 3.63) is 47.1 Å². The summed E-state index contributed by atoms with van der Waals surface area (Å²) in [6.45, 7) is 7.29. The number of rotatable bonds is 7. The summed E-state index contributed by atoms with van der Waals surface area (Å²) < 4.78 is 5.34. The molecule has 0 spiro atoms. The lowest BCUT2D eigenvalue weighted by atomic mass is 10.3. The van der Waals surface area contributed by atoms with E-state index in [1.807, 2.05) is 31.2 Å². The minimum Gasteiger partial charge on any atom is -0.360 e. The zero-order chi connectivity index (χ0) is 14.4. The predicted octanol–water partition coefficient (Wildman–Crippen LogP) is 2.12. The minimum atomic E-state index is 0.731. The standard InChI is InChI=1S/C15H22N4O/c1-4-16-9-14-8-15(20-18-14)11-19(3)10-13-7-5-6-12(2)17-13/h5-8,16H,4,9-11H2,1-3H3. The number of hydrogen-bond donors (Lipinski definition) is 1. The van der Waals surface area contributed by atoms with Crippen molar-refractivity contribution in [1.82, 2.24) is 20.4 Å². The number of aryl methyl sites for hydroxylation is 1. The van der Waals surface area contributed by atoms with Crippen LogP contribution in [0.25, 0.3) is 0 Å². The molecule has 0 bridgehead atoms. The number of nitrogens with zero attached hydrogens (tertiary/aromatic N) is 3. The molecule has 0 aromatic carbocycles. The van der Waals surface area contributed by atoms with Crippen molar-refractivity contribution >= 4 is 0 Å². The first-order valence-electron chi connectivity index (χ1n) is 6.93. The number of nitrogens with one attached hydrogen (secondary N) is 1. The molecule has 0 saturated heterocycles. The Labute approximate surface area is 120 Å². The topological polar surface area (TPSA) is 54.2 Å². The molecule has 1 N–H and O–H groups in total. The average molecular weight is 274 g/mol. The van der Waals surface area contributed by atoms with E-state index >= 15 is 0 Å². The third kappa shape index (κ3) is 4.43. The van der Waals surface area contributed by atoms with Gasteiger partial charge in [0.05, 0.1) is 17.9 Å². The second-order valence-electron chi connectivity index (χ2n) is 5.01. The maximum absolute atomic E-state index is 5.34. The third-order valence-electron chi connectivity index (χ3n) is 2.97. The van der Waals surface area contributed by atoms with Gasteiger partial charge in [-0.25, -0.2) is 0 Å². The second kappa shape index (κ2) is 7.17. The van der Waals surface area contributed by atoms with E-state index in [1.165, 1.54) is 0 Å². The fourth-order valence-electron chi connectivity index (χ4n) is 2.05. The van der Waals surface area contributed by atoms with E-state index in [4.69, 9.17) is 4.52 Å². The highest BCUT2D eigenvalue weighted by molar-refractivity contribution is 5.10. The molecule has 2 aromatic heterocycles. The van der Waals surface area contributed by atoms with E-state index in [0.29, 0.717) is 0 Å². The summed E-state index contributed by atoms with van der Waals surface area (Å²) in [7, 11) is 2.05. The van der Waals surface area contributed by atoms with Crippen molar-refractivity contribution in [2.45, 2.75) is 33.5 Å². The molecule has 0 aliphatic rings. The van der Waals surface area contributed by atoms with Gasteiger partial charge in [-0.3, -0.25) is 9.88 Å². The quantitative estimate of drug-likeness (QED) is 0.838. The molecule has 2 aromatic rings. The highest BCUT2D eigenvalue weighted by Gasteiger charge is 2.08. The van der Waals surface area contributed by atoms with E-state index in [-0.39, 0.29) is 0 Å². The summed E-state index contributed by atoms with van der Waals surface area (Å²) in [4.78, 5) is 6.67. The van der Waals surface area contributed by atoms with Crippen LogP contribution in [0.5, 0.6) is 0 Å². The SMILES string of the molecule is CCNCc1cc(CN(C)Cc2cccc(C)n2)on1. The van der Waals surface area contributed by atoms with E-state index in [9.17, 15) is 0 Å². The van der Waals surface area contributed by atoms with Crippen molar-refractivity contribution in [3.63, 3.8) is 0 Å². The van der Waals surface area contributed by atoms with Gasteiger partial charge in [-0.2, -0.15) is 0 Å². The van der Waals surface area contributed by atoms with Gasteiger partial charge in [-0.05, 0) is 32.6 Å². The van der Waals surface area contributed by atoms with Crippen molar-refractivity contribution < 1.29 is 4.52 Å². The molecule has 0 unspecified atom stereocenters. The Balaban J connectivity index is 1.87. The summed E-state index contributed by atoms with van der Waals surface area (Å²) in [5, 5.41) is 7.28. The van der Waals surface area contributed by atoms with Gasteiger partial charge in [-0.15, -0.1) is 0 Å². The van der Waals surface area contributed by atoms with Gasteiger partial charge in [0, 0.05) is 24.8 Å². The van der Waals surface area contributed by atoms with Crippen LogP contribution in [0.15, 0.2) is 28.8 Å². The molecule has 0 amide bonds. The fraction of sp³-hybridized carbons (Fsp3) is 0.467. The number of hydrogen-bond acceptors (Lipinski definition) is 5. The van der Waals surface area contributed by atoms with Crippen LogP contribution >= 0.6 is 0 Å². The maximum atomic E-state index is 5.34. The Morgan fingerprint density at radius 1 is 1.25 bits per heavy atom. The van der Waals surface area contributed by atoms with Crippen molar-refractivity contribution in [2.24, 2.45) is 0 Å². The van der Waals surface area contributed by atoms with Crippen LogP contribution in [0.2, 0.25) is 0 Å². The fourth-order valence-corrected chi connectivity index (χ4v) is 2.05. The summed E-state index contributed by atoms with van der Waals surface area (Å²) in [6, 6.07) is 8.09. The molecule has 0 atom stereocenters. The second-order valence-corrected chi connectivity index (χ2v) is 5.01. The van der Waals surface area contributed by atoms with Crippen LogP contribution in [-0.4, -0.2) is 28.6 Å². The summed E-state index contributed by atoms with van der Waals surface area (Å²) in [5.74, 6) is 0.882. The van der Waals surface area contributed by atoms with E-state index in [1.54, 1.807) is 0 Å². The van der Waals surface area contributed by atoms with Gasteiger partial charge in [0.1, 0.15) is 0 Å². The number of pyridine rings is 1. The first kappa shape index (κ1) is 14.7. The predicted molar refractivity (Wildman–Crippen MR) is 78.0 cm³/mol. The molecular formula is C15H22N4O. The van der Waals surface area contributed by atoms with Crippen LogP contribution < -0.4 is 5.32 Å². The summed E-state index contributed by atoms with van der Waals surface area (Å²) in [5.41, 5.74) is 3.06. The molecule has 0 aliphatic carbocycles. The van der Waals surface area contributed by atoms with Crippen LogP contribution in [0.3, 0.4) is 0 Å². The lowest BCUT2D eigenvalue weighted by Gasteiger charge is -2.14. The largest absolute Gasteiger partial charge is 0.360 e. The van der Waals surface area contributed by atoms with Gasteiger partial charge in [0.2, 0.25) is 0 Å². The van der Waals surface area contributed by atoms with Crippen molar-refractivity contribution in [3.8, 4) is 0 Å². The molecule has 5 heteroatoms. The Bertz CT molecular complexity index is 538. The molecule has 0 radical (unpaired) electrons. The van der Waals surface area contributed by atoms with E-state index < -0.39 is 0 Å². The molecule has 5 nitrogen and oxygen atoms in total. The molecule has 0 fully saturated rings. The van der Waals surface area contributed by atoms with Crippen LogP contribution in [0, 0.1) is 6.92 Å². The normalized spacial score (nSPS) is 11.2. The van der Waals surface area contributed by atoms with Crippen LogP contribution in [-0.2, 0) is 19.6 Å². The zero-order valence-corrected chi connectivity index (χ0v) is 12.4. The van der Waals surface area contributed by atoms with E-state index in [2.05, 4.69) is 34.3 Å². The molecule has 20 heavy (non-hydrogen) atoms. The van der Waals surface area contributed by atoms with Crippen molar-refractivity contribution in [2.75, 3.05) is 13.6 Å². The maximum Gasteiger partial charge on any atom is 0.151 e. The van der Waals surface area contributed by atoms with Gasteiger partial charge in [0.15, 0.2) is 5.76 Å². The summed E-state index contributed by atoms with van der Waals surface area (Å²) in [6.07, 6.45) is 0. The Morgan fingerprint density at radius 2 is 2.10 bits per heavy atom. The molecule has 2 rings (SSSR count). The monoisotopic (exact) mass is 274 g/mol. The first-order valence-corrected chi connectivity index (χ1v) is 6.93. The highest BCUT2D eigenvalue weighted by Crippen LogP contribution is 2.09. The molecule has 108 valence electrons. The molecule has 0 saturated carbocycles. The molecule has 2 heterocycles. The molecule has 0 aliphatic heterocycles. The number of aromatic nitrogens is 2. The van der Waals surface area contributed by atoms with Gasteiger partial charge in [-0.1, -0.05) is 18.1 Å². The zero-order valence-electron chi connectivity index (χ0n) is 12.4. The minimum absolute atomic E-state index is 0.731. The third-order valence-corrected chi connectivity index (χ3v) is 2.97. The van der Waals surface area contributed by atoms with Crippen molar-refractivity contribution in [1.29, 1.82) is 0 Å². The van der Waals surface area contributed by atoms with Crippen LogP contribution in [0.1, 0.15) is 29.8 Å². The van der Waals surface area contributed by atoms with E-state index in [0.717, 1.165) is 49.0 Å². The van der Waals surface area contributed by atoms with Gasteiger partial charge < -0.3 is 9.84 Å². The Kier molecular flexibility index (Phi) is 5.26. The van der Waals surface area contributed by atoms with Gasteiger partial charge >= 0.3 is 0 Å². The average Bonchev–Trinajstić information content (AvgIpc) is 2.83. The first-order chi connectivity index (χ1) is 9.67. The Morgan fingerprint density at radius 3 is 2.85 bits per heavy atom. The lowest BCUT2D eigenvalue weighted by molar-refractivity contribution is 0.263. The molecular weight excluding hydrogens is 252 g/mol. The summed E-state index contributed by atoms with van der Waals surface area (Å²) >= 11 is 0. The van der Waals surface area contributed by atoms with Crippen LogP contribution in [0.4, 0.5) is 0 Å². The lowest BCUT2D eigenvalue weighted by Crippen LogP contribution is -2.17. The Hall–Kier alpha value is -1.72. The smallest absolute Gasteiger partial charge is 0.151 e. The highest BCUT2D eigenvalue weighted by atomic mass is 16.5. The van der Waals surface area contributed by atoms with Gasteiger partial charge in [0.25, 0.3) is 0 Å².